The molecular weight excluding hydrogens is 160 g/mol. The maximum atomic E-state index is 11.2. The highest BCUT2D eigenvalue weighted by Crippen LogP contribution is 2.02. The molecule has 58 valence electrons. The van der Waals surface area contributed by atoms with Gasteiger partial charge in [-0.05, 0) is 12.1 Å². The lowest BCUT2D eigenvalue weighted by molar-refractivity contribution is 0.0893. The van der Waals surface area contributed by atoms with E-state index in [1.54, 1.807) is 31.6 Å². The van der Waals surface area contributed by atoms with Crippen molar-refractivity contribution in [3.05, 3.63) is 30.1 Å². The van der Waals surface area contributed by atoms with Crippen molar-refractivity contribution in [1.29, 1.82) is 0 Å². The van der Waals surface area contributed by atoms with Crippen LogP contribution in [0.1, 0.15) is 10.4 Å². The highest BCUT2D eigenvalue weighted by atomic mass is 32.1. The van der Waals surface area contributed by atoms with Crippen LogP contribution in [0.15, 0.2) is 24.5 Å². The summed E-state index contributed by atoms with van der Waals surface area (Å²) in [6, 6.07) is 3.30. The van der Waals surface area contributed by atoms with Gasteiger partial charge >= 0.3 is 0 Å². The summed E-state index contributed by atoms with van der Waals surface area (Å²) < 4.78 is 1.23. The molecule has 4 heteroatoms. The average molecular weight is 168 g/mol. The molecule has 0 radical (unpaired) electrons. The van der Waals surface area contributed by atoms with Crippen LogP contribution < -0.4 is 0 Å². The lowest BCUT2D eigenvalue weighted by atomic mass is 10.2. The average Bonchev–Trinajstić information content (AvgIpc) is 2.05. The molecule has 0 aliphatic rings. The Kier molecular flexibility index (Phi) is 2.48. The zero-order valence-electron chi connectivity index (χ0n) is 6.06. The summed E-state index contributed by atoms with van der Waals surface area (Å²) in [5, 5.41) is 0. The van der Waals surface area contributed by atoms with E-state index < -0.39 is 0 Å². The van der Waals surface area contributed by atoms with Crippen LogP contribution in [0.25, 0.3) is 0 Å². The van der Waals surface area contributed by atoms with E-state index in [4.69, 9.17) is 0 Å². The van der Waals surface area contributed by atoms with Crippen LogP contribution in [0.4, 0.5) is 0 Å². The van der Waals surface area contributed by atoms with E-state index in [2.05, 4.69) is 17.8 Å². The molecule has 1 heterocycles. The number of hydrogen-bond acceptors (Lipinski definition) is 3. The van der Waals surface area contributed by atoms with Gasteiger partial charge in [-0.3, -0.25) is 14.1 Å². The maximum Gasteiger partial charge on any atom is 0.263 e. The van der Waals surface area contributed by atoms with Gasteiger partial charge in [0.15, 0.2) is 0 Å². The van der Waals surface area contributed by atoms with Crippen LogP contribution in [-0.2, 0) is 0 Å². The first kappa shape index (κ1) is 8.07. The van der Waals surface area contributed by atoms with Crippen molar-refractivity contribution in [1.82, 2.24) is 9.29 Å². The maximum absolute atomic E-state index is 11.2. The lowest BCUT2D eigenvalue weighted by Gasteiger charge is -2.07. The Bertz CT molecular complexity index is 248. The molecule has 0 saturated heterocycles. The van der Waals surface area contributed by atoms with Crippen LogP contribution in [0.2, 0.25) is 0 Å². The van der Waals surface area contributed by atoms with Gasteiger partial charge in [0.05, 0.1) is 0 Å². The predicted octanol–water partition coefficient (Wildman–Crippen LogP) is 0.998. The van der Waals surface area contributed by atoms with Gasteiger partial charge in [-0.25, -0.2) is 0 Å². The summed E-state index contributed by atoms with van der Waals surface area (Å²) >= 11 is 3.87. The van der Waals surface area contributed by atoms with E-state index in [0.29, 0.717) is 5.56 Å². The summed E-state index contributed by atoms with van der Waals surface area (Å²) in [6.45, 7) is 0. The van der Waals surface area contributed by atoms with Crippen molar-refractivity contribution in [3.8, 4) is 0 Å². The van der Waals surface area contributed by atoms with E-state index in [9.17, 15) is 4.79 Å². The Balaban J connectivity index is 2.86. The topological polar surface area (TPSA) is 33.2 Å². The Hall–Kier alpha value is -1.03. The molecule has 0 bridgehead atoms. The van der Waals surface area contributed by atoms with Gasteiger partial charge < -0.3 is 0 Å². The van der Waals surface area contributed by atoms with Crippen molar-refractivity contribution in [3.63, 3.8) is 0 Å². The van der Waals surface area contributed by atoms with Gasteiger partial charge in [0.2, 0.25) is 0 Å². The SMILES string of the molecule is CN(S)C(=O)c1ccncc1. The normalized spacial score (nSPS) is 9.27. The van der Waals surface area contributed by atoms with Crippen molar-refractivity contribution < 1.29 is 4.79 Å². The number of aromatic nitrogens is 1. The molecule has 11 heavy (non-hydrogen) atoms. The second-order valence-electron chi connectivity index (χ2n) is 2.06. The summed E-state index contributed by atoms with van der Waals surface area (Å²) in [4.78, 5) is 15.0. The number of carbonyl (C=O) groups is 1. The molecule has 0 aliphatic carbocycles. The highest BCUT2D eigenvalue weighted by molar-refractivity contribution is 7.78. The van der Waals surface area contributed by atoms with Crippen molar-refractivity contribution in [2.75, 3.05) is 7.05 Å². The van der Waals surface area contributed by atoms with Crippen LogP contribution in [0.3, 0.4) is 0 Å². The van der Waals surface area contributed by atoms with Crippen molar-refractivity contribution >= 4 is 18.7 Å². The number of thiol groups is 1. The largest absolute Gasteiger partial charge is 0.288 e. The Morgan fingerprint density at radius 3 is 2.55 bits per heavy atom. The Labute approximate surface area is 70.6 Å². The molecule has 1 rings (SSSR count). The molecule has 0 N–H and O–H groups in total. The quantitative estimate of drug-likeness (QED) is 0.634. The van der Waals surface area contributed by atoms with Crippen molar-refractivity contribution in [2.45, 2.75) is 0 Å². The minimum atomic E-state index is -0.129. The molecule has 0 unspecified atom stereocenters. The van der Waals surface area contributed by atoms with Gasteiger partial charge in [0.1, 0.15) is 0 Å². The van der Waals surface area contributed by atoms with Crippen LogP contribution in [0.5, 0.6) is 0 Å². The molecule has 0 fully saturated rings. The molecular formula is C7H8N2OS. The molecule has 1 aromatic rings. The molecule has 0 aromatic carbocycles. The third-order valence-electron chi connectivity index (χ3n) is 1.22. The molecule has 0 atom stereocenters. The lowest BCUT2D eigenvalue weighted by Crippen LogP contribution is -2.16. The van der Waals surface area contributed by atoms with Gasteiger partial charge in [-0.1, -0.05) is 12.8 Å². The number of amides is 1. The number of hydrogen-bond donors (Lipinski definition) is 1. The minimum Gasteiger partial charge on any atom is -0.288 e. The summed E-state index contributed by atoms with van der Waals surface area (Å²) in [5.74, 6) is -0.129. The fraction of sp³-hybridized carbons (Fsp3) is 0.143. The number of carbonyl (C=O) groups excluding carboxylic acids is 1. The summed E-state index contributed by atoms with van der Waals surface area (Å²) in [6.07, 6.45) is 3.15. The third-order valence-corrected chi connectivity index (χ3v) is 1.40. The zero-order chi connectivity index (χ0) is 8.27. The van der Waals surface area contributed by atoms with E-state index in [-0.39, 0.29) is 5.91 Å². The summed E-state index contributed by atoms with van der Waals surface area (Å²) in [5.41, 5.74) is 0.595. The van der Waals surface area contributed by atoms with E-state index in [1.165, 1.54) is 4.31 Å². The second kappa shape index (κ2) is 3.39. The first-order chi connectivity index (χ1) is 5.22. The van der Waals surface area contributed by atoms with Crippen LogP contribution >= 0.6 is 12.8 Å². The standard InChI is InChI=1S/C7H8N2OS/c1-9(11)7(10)6-2-4-8-5-3-6/h2-5,11H,1H3. The van der Waals surface area contributed by atoms with E-state index >= 15 is 0 Å². The molecule has 0 saturated carbocycles. The fourth-order valence-corrected chi connectivity index (χ4v) is 0.797. The van der Waals surface area contributed by atoms with Crippen molar-refractivity contribution in [2.24, 2.45) is 0 Å². The van der Waals surface area contributed by atoms with Gasteiger partial charge in [-0.15, -0.1) is 0 Å². The molecule has 1 amide bonds. The molecule has 0 aliphatic heterocycles. The van der Waals surface area contributed by atoms with Gasteiger partial charge in [-0.2, -0.15) is 0 Å². The first-order valence-electron chi connectivity index (χ1n) is 3.09. The molecule has 3 nitrogen and oxygen atoms in total. The number of pyridine rings is 1. The smallest absolute Gasteiger partial charge is 0.263 e. The zero-order valence-corrected chi connectivity index (χ0v) is 6.95. The highest BCUT2D eigenvalue weighted by Gasteiger charge is 2.06. The third kappa shape index (κ3) is 1.94. The number of rotatable bonds is 1. The predicted molar refractivity (Wildman–Crippen MR) is 45.3 cm³/mol. The molecule has 1 aromatic heterocycles. The second-order valence-corrected chi connectivity index (χ2v) is 2.66. The monoisotopic (exact) mass is 168 g/mol. The Morgan fingerprint density at radius 2 is 2.09 bits per heavy atom. The number of nitrogens with zero attached hydrogens (tertiary/aromatic N) is 2. The van der Waals surface area contributed by atoms with Gasteiger partial charge in [0.25, 0.3) is 5.91 Å². The fourth-order valence-electron chi connectivity index (χ4n) is 0.681. The minimum absolute atomic E-state index is 0.129. The summed E-state index contributed by atoms with van der Waals surface area (Å²) in [7, 11) is 1.59. The van der Waals surface area contributed by atoms with Crippen LogP contribution in [0, 0.1) is 0 Å². The van der Waals surface area contributed by atoms with Gasteiger partial charge in [0, 0.05) is 25.0 Å². The Morgan fingerprint density at radius 1 is 1.55 bits per heavy atom. The van der Waals surface area contributed by atoms with Crippen LogP contribution in [-0.4, -0.2) is 22.2 Å². The van der Waals surface area contributed by atoms with E-state index in [1.807, 2.05) is 0 Å². The first-order valence-corrected chi connectivity index (χ1v) is 3.49. The molecule has 0 spiro atoms. The van der Waals surface area contributed by atoms with E-state index in [0.717, 1.165) is 0 Å².